The topological polar surface area (TPSA) is 80.6 Å². The Hall–Kier alpha value is -2.08. The number of hydrogen-bond acceptors (Lipinski definition) is 4. The number of ketones is 2. The molecule has 0 radical (unpaired) electrons. The quantitative estimate of drug-likeness (QED) is 0.794. The molecule has 0 spiro atoms. The van der Waals surface area contributed by atoms with Crippen molar-refractivity contribution < 1.29 is 18.0 Å². The first-order valence-corrected chi connectivity index (χ1v) is 6.57. The lowest BCUT2D eigenvalue weighted by Gasteiger charge is -2.05. The van der Waals surface area contributed by atoms with E-state index in [0.29, 0.717) is 0 Å². The maximum atomic E-state index is 11.9. The van der Waals surface area contributed by atoms with Crippen LogP contribution in [0.15, 0.2) is 51.8 Å². The minimum atomic E-state index is -3.94. The third-order valence-electron chi connectivity index (χ3n) is 2.32. The largest absolute Gasteiger partial charge is 0.294 e. The van der Waals surface area contributed by atoms with Gasteiger partial charge in [0.05, 0.1) is 11.3 Å². The van der Waals surface area contributed by atoms with Crippen molar-refractivity contribution in [2.75, 3.05) is 0 Å². The fourth-order valence-corrected chi connectivity index (χ4v) is 2.49. The van der Waals surface area contributed by atoms with Gasteiger partial charge in [-0.05, 0) is 24.3 Å². The van der Waals surface area contributed by atoms with Gasteiger partial charge in [-0.1, -0.05) is 18.2 Å². The van der Waals surface area contributed by atoms with Gasteiger partial charge in [-0.15, -0.1) is 0 Å². The molecule has 5 nitrogen and oxygen atoms in total. The molecule has 0 aliphatic heterocycles. The summed E-state index contributed by atoms with van der Waals surface area (Å²) in [5.74, 6) is -0.884. The summed E-state index contributed by atoms with van der Waals surface area (Å²) in [6.07, 6.45) is 1.88. The Morgan fingerprint density at radius 3 is 2.33 bits per heavy atom. The van der Waals surface area contributed by atoms with Gasteiger partial charge in [0.15, 0.2) is 5.78 Å². The van der Waals surface area contributed by atoms with Crippen molar-refractivity contribution in [2.45, 2.75) is 11.3 Å². The minimum absolute atomic E-state index is 0.00713. The van der Waals surface area contributed by atoms with Gasteiger partial charge in [-0.2, -0.15) is 12.8 Å². The molecule has 0 N–H and O–H groups in total. The molecule has 0 unspecified atom stereocenters. The molecule has 1 aliphatic carbocycles. The van der Waals surface area contributed by atoms with Crippen molar-refractivity contribution in [3.05, 3.63) is 42.5 Å². The van der Waals surface area contributed by atoms with Gasteiger partial charge in [-0.25, -0.2) is 0 Å². The predicted molar refractivity (Wildman–Crippen MR) is 64.8 cm³/mol. The van der Waals surface area contributed by atoms with Gasteiger partial charge in [-0.3, -0.25) is 9.59 Å². The Balaban J connectivity index is 2.42. The highest BCUT2D eigenvalue weighted by atomic mass is 32.2. The second-order valence-electron chi connectivity index (χ2n) is 3.67. The second-order valence-corrected chi connectivity index (χ2v) is 5.27. The standard InChI is InChI=1S/C12H9NO4S/c14-9-6-7-12(15)11(8-9)13-18(16,17)10-4-2-1-3-5-10/h1-7H,8H2. The smallest absolute Gasteiger partial charge is 0.282 e. The fraction of sp³-hybridized carbons (Fsp3) is 0.0833. The van der Waals surface area contributed by atoms with Crippen LogP contribution in [0.2, 0.25) is 0 Å². The van der Waals surface area contributed by atoms with Gasteiger partial charge in [0.25, 0.3) is 10.0 Å². The molecule has 1 aliphatic rings. The highest BCUT2D eigenvalue weighted by molar-refractivity contribution is 7.90. The predicted octanol–water partition coefficient (Wildman–Crippen LogP) is 0.914. The van der Waals surface area contributed by atoms with Gasteiger partial charge >= 0.3 is 0 Å². The molecule has 0 saturated heterocycles. The van der Waals surface area contributed by atoms with Crippen LogP contribution >= 0.6 is 0 Å². The summed E-state index contributed by atoms with van der Waals surface area (Å²) in [4.78, 5) is 22.5. The van der Waals surface area contributed by atoms with E-state index in [1.165, 1.54) is 12.1 Å². The van der Waals surface area contributed by atoms with Crippen molar-refractivity contribution in [1.82, 2.24) is 0 Å². The molecule has 0 bridgehead atoms. The second kappa shape index (κ2) is 4.66. The normalized spacial score (nSPS) is 18.3. The third kappa shape index (κ3) is 2.60. The first-order chi connectivity index (χ1) is 8.49. The van der Waals surface area contributed by atoms with Crippen LogP contribution in [0.25, 0.3) is 0 Å². The van der Waals surface area contributed by atoms with Crippen LogP contribution in [0, 0.1) is 0 Å². The molecule has 0 saturated carbocycles. The van der Waals surface area contributed by atoms with E-state index >= 15 is 0 Å². The van der Waals surface area contributed by atoms with Crippen LogP contribution in [0.4, 0.5) is 0 Å². The molecule has 1 aromatic carbocycles. The molecular formula is C12H9NO4S. The van der Waals surface area contributed by atoms with Gasteiger partial charge in [0.2, 0.25) is 5.78 Å². The monoisotopic (exact) mass is 263 g/mol. The van der Waals surface area contributed by atoms with Gasteiger partial charge < -0.3 is 0 Å². The number of sulfonamides is 1. The molecule has 0 heterocycles. The summed E-state index contributed by atoms with van der Waals surface area (Å²) in [6.45, 7) is 0. The summed E-state index contributed by atoms with van der Waals surface area (Å²) in [7, 11) is -3.94. The molecule has 2 rings (SSSR count). The summed E-state index contributed by atoms with van der Waals surface area (Å²) in [5, 5.41) is 0. The van der Waals surface area contributed by atoms with Crippen molar-refractivity contribution >= 4 is 27.3 Å². The average Bonchev–Trinajstić information content (AvgIpc) is 2.35. The maximum absolute atomic E-state index is 11.9. The molecule has 6 heteroatoms. The number of benzene rings is 1. The summed E-state index contributed by atoms with van der Waals surface area (Å²) in [6, 6.07) is 7.54. The number of rotatable bonds is 2. The first-order valence-electron chi connectivity index (χ1n) is 5.13. The van der Waals surface area contributed by atoms with Crippen LogP contribution in [-0.2, 0) is 19.6 Å². The molecule has 18 heavy (non-hydrogen) atoms. The molecular weight excluding hydrogens is 254 g/mol. The van der Waals surface area contributed by atoms with Crippen LogP contribution in [0.3, 0.4) is 0 Å². The molecule has 0 atom stereocenters. The van der Waals surface area contributed by atoms with E-state index in [1.807, 2.05) is 0 Å². The zero-order valence-electron chi connectivity index (χ0n) is 9.24. The van der Waals surface area contributed by atoms with Crippen LogP contribution in [0.1, 0.15) is 6.42 Å². The van der Waals surface area contributed by atoms with Crippen LogP contribution < -0.4 is 0 Å². The van der Waals surface area contributed by atoms with E-state index in [1.54, 1.807) is 18.2 Å². The summed E-state index contributed by atoms with van der Waals surface area (Å²) >= 11 is 0. The first kappa shape index (κ1) is 12.4. The SMILES string of the molecule is O=C1C=CC(=O)C(=NS(=O)(=O)c2ccccc2)C1. The lowest BCUT2D eigenvalue weighted by molar-refractivity contribution is -0.116. The van der Waals surface area contributed by atoms with Gasteiger partial charge in [0, 0.05) is 0 Å². The fourth-order valence-electron chi connectivity index (χ4n) is 1.44. The Bertz CT molecular complexity index is 657. The van der Waals surface area contributed by atoms with E-state index in [0.717, 1.165) is 12.2 Å². The maximum Gasteiger partial charge on any atom is 0.282 e. The van der Waals surface area contributed by atoms with Gasteiger partial charge in [0.1, 0.15) is 5.71 Å². The number of carbonyl (C=O) groups is 2. The average molecular weight is 263 g/mol. The van der Waals surface area contributed by atoms with E-state index in [-0.39, 0.29) is 22.8 Å². The molecule has 0 amide bonds. The Morgan fingerprint density at radius 1 is 1.00 bits per heavy atom. The summed E-state index contributed by atoms with van der Waals surface area (Å²) < 4.78 is 27.2. The van der Waals surface area contributed by atoms with E-state index in [4.69, 9.17) is 0 Å². The Morgan fingerprint density at radius 2 is 1.67 bits per heavy atom. The number of nitrogens with zero attached hydrogens (tertiary/aromatic N) is 1. The Kier molecular flexibility index (Phi) is 3.20. The third-order valence-corrected chi connectivity index (χ3v) is 3.65. The molecule has 0 fully saturated rings. The lowest BCUT2D eigenvalue weighted by atomic mass is 10.0. The zero-order valence-corrected chi connectivity index (χ0v) is 10.1. The Labute approximate surface area is 104 Å². The zero-order chi connectivity index (χ0) is 13.2. The van der Waals surface area contributed by atoms with Crippen molar-refractivity contribution in [2.24, 2.45) is 4.40 Å². The van der Waals surface area contributed by atoms with E-state index in [9.17, 15) is 18.0 Å². The summed E-state index contributed by atoms with van der Waals surface area (Å²) in [5.41, 5.74) is -0.244. The molecule has 1 aromatic rings. The number of allylic oxidation sites excluding steroid dienone is 2. The van der Waals surface area contributed by atoms with Crippen molar-refractivity contribution in [3.63, 3.8) is 0 Å². The lowest BCUT2D eigenvalue weighted by Crippen LogP contribution is -2.21. The highest BCUT2D eigenvalue weighted by Crippen LogP contribution is 2.13. The van der Waals surface area contributed by atoms with Crippen molar-refractivity contribution in [1.29, 1.82) is 0 Å². The van der Waals surface area contributed by atoms with Crippen LogP contribution in [0.5, 0.6) is 0 Å². The van der Waals surface area contributed by atoms with Crippen molar-refractivity contribution in [3.8, 4) is 0 Å². The number of carbonyl (C=O) groups excluding carboxylic acids is 2. The molecule has 0 aromatic heterocycles. The van der Waals surface area contributed by atoms with Crippen LogP contribution in [-0.4, -0.2) is 25.7 Å². The number of hydrogen-bond donors (Lipinski definition) is 0. The van der Waals surface area contributed by atoms with E-state index < -0.39 is 15.8 Å². The highest BCUT2D eigenvalue weighted by Gasteiger charge is 2.21. The molecule has 92 valence electrons. The minimum Gasteiger partial charge on any atom is -0.294 e. The van der Waals surface area contributed by atoms with E-state index in [2.05, 4.69) is 4.40 Å².